The summed E-state index contributed by atoms with van der Waals surface area (Å²) in [6.07, 6.45) is 6.89. The summed E-state index contributed by atoms with van der Waals surface area (Å²) in [6.45, 7) is 5.90. The van der Waals surface area contributed by atoms with Crippen molar-refractivity contribution in [3.05, 3.63) is 34.6 Å². The van der Waals surface area contributed by atoms with E-state index in [1.165, 1.54) is 11.3 Å². The first kappa shape index (κ1) is 11.1. The van der Waals surface area contributed by atoms with Gasteiger partial charge in [0.25, 0.3) is 0 Å². The van der Waals surface area contributed by atoms with Crippen molar-refractivity contribution in [2.24, 2.45) is 0 Å². The third-order valence-electron chi connectivity index (χ3n) is 2.63. The van der Waals surface area contributed by atoms with Gasteiger partial charge in [-0.1, -0.05) is 6.92 Å². The molecule has 0 atom stereocenters. The Morgan fingerprint density at radius 3 is 2.88 bits per heavy atom. The fourth-order valence-electron chi connectivity index (χ4n) is 1.76. The predicted octanol–water partition coefficient (Wildman–Crippen LogP) is 2.31. The first-order valence-corrected chi connectivity index (χ1v) is 5.87. The molecule has 2 heterocycles. The summed E-state index contributed by atoms with van der Waals surface area (Å²) in [5.74, 6) is 0. The highest BCUT2D eigenvalue weighted by Crippen LogP contribution is 2.04. The number of imidazole rings is 1. The Morgan fingerprint density at radius 1 is 1.44 bits per heavy atom. The number of hydrogen-bond acceptors (Lipinski definition) is 2. The molecule has 0 saturated carbocycles. The molecule has 0 aliphatic rings. The van der Waals surface area contributed by atoms with Gasteiger partial charge >= 0.3 is 0 Å². The van der Waals surface area contributed by atoms with Gasteiger partial charge in [0.05, 0.1) is 12.7 Å². The van der Waals surface area contributed by atoms with Gasteiger partial charge in [0.1, 0.15) is 0 Å². The molecule has 2 aromatic rings. The van der Waals surface area contributed by atoms with Gasteiger partial charge in [-0.15, -0.1) is 0 Å². The van der Waals surface area contributed by atoms with E-state index >= 15 is 0 Å². The average Bonchev–Trinajstić information content (AvgIpc) is 2.82. The van der Waals surface area contributed by atoms with Crippen molar-refractivity contribution in [3.8, 4) is 0 Å². The molecule has 0 unspecified atom stereocenters. The zero-order valence-electron chi connectivity index (χ0n) is 9.60. The van der Waals surface area contributed by atoms with E-state index in [2.05, 4.69) is 21.6 Å². The molecule has 0 aliphatic heterocycles. The first-order chi connectivity index (χ1) is 7.70. The van der Waals surface area contributed by atoms with Gasteiger partial charge < -0.3 is 9.55 Å². The van der Waals surface area contributed by atoms with Crippen LogP contribution < -0.4 is 0 Å². The molecule has 16 heavy (non-hydrogen) atoms. The lowest BCUT2D eigenvalue weighted by atomic mass is 10.3. The standard InChI is InChI=1S/C11H16N4S/c1-3-10-7-12-11(16)15(10)5-4-14-8-9(2)6-13-14/h6-8H,3-5H2,1-2H3,(H,12,16). The van der Waals surface area contributed by atoms with Crippen LogP contribution in [0.3, 0.4) is 0 Å². The van der Waals surface area contributed by atoms with E-state index in [-0.39, 0.29) is 0 Å². The Labute approximate surface area is 99.9 Å². The number of hydrogen-bond donors (Lipinski definition) is 1. The minimum absolute atomic E-state index is 0.792. The zero-order chi connectivity index (χ0) is 11.5. The molecule has 0 aliphatic carbocycles. The lowest BCUT2D eigenvalue weighted by Crippen LogP contribution is -2.10. The molecule has 0 saturated heterocycles. The lowest BCUT2D eigenvalue weighted by molar-refractivity contribution is 0.520. The second-order valence-corrected chi connectivity index (χ2v) is 4.26. The van der Waals surface area contributed by atoms with Gasteiger partial charge in [-0.2, -0.15) is 5.10 Å². The van der Waals surface area contributed by atoms with Gasteiger partial charge in [0.2, 0.25) is 0 Å². The van der Waals surface area contributed by atoms with Gasteiger partial charge in [-0.05, 0) is 31.1 Å². The van der Waals surface area contributed by atoms with Crippen molar-refractivity contribution < 1.29 is 0 Å². The smallest absolute Gasteiger partial charge is 0.177 e. The number of aromatic nitrogens is 4. The summed E-state index contributed by atoms with van der Waals surface area (Å²) >= 11 is 5.24. The van der Waals surface area contributed by atoms with Crippen LogP contribution in [0.15, 0.2) is 18.6 Å². The van der Waals surface area contributed by atoms with Gasteiger partial charge in [-0.25, -0.2) is 0 Å². The molecule has 0 spiro atoms. The first-order valence-electron chi connectivity index (χ1n) is 5.47. The van der Waals surface area contributed by atoms with Crippen molar-refractivity contribution >= 4 is 12.2 Å². The van der Waals surface area contributed by atoms with Crippen LogP contribution in [0.2, 0.25) is 0 Å². The summed E-state index contributed by atoms with van der Waals surface area (Å²) in [5.41, 5.74) is 2.43. The third-order valence-corrected chi connectivity index (χ3v) is 2.97. The highest BCUT2D eigenvalue weighted by Gasteiger charge is 2.02. The number of nitrogens with zero attached hydrogens (tertiary/aromatic N) is 3. The molecule has 0 aromatic carbocycles. The van der Waals surface area contributed by atoms with Gasteiger partial charge in [0, 0.05) is 24.6 Å². The highest BCUT2D eigenvalue weighted by molar-refractivity contribution is 7.71. The van der Waals surface area contributed by atoms with Crippen LogP contribution in [-0.2, 0) is 19.5 Å². The zero-order valence-corrected chi connectivity index (χ0v) is 10.4. The number of H-pyrrole nitrogens is 1. The molecule has 0 radical (unpaired) electrons. The summed E-state index contributed by atoms with van der Waals surface area (Å²) < 4.78 is 4.87. The normalized spacial score (nSPS) is 10.9. The van der Waals surface area contributed by atoms with Crippen LogP contribution >= 0.6 is 12.2 Å². The molecule has 2 rings (SSSR count). The predicted molar refractivity (Wildman–Crippen MR) is 66.0 cm³/mol. The summed E-state index contributed by atoms with van der Waals surface area (Å²) in [7, 11) is 0. The maximum atomic E-state index is 5.24. The molecule has 0 fully saturated rings. The van der Waals surface area contributed by atoms with E-state index in [9.17, 15) is 0 Å². The van der Waals surface area contributed by atoms with E-state index < -0.39 is 0 Å². The molecule has 5 heteroatoms. The fourth-order valence-corrected chi connectivity index (χ4v) is 2.03. The number of nitrogens with one attached hydrogen (secondary N) is 1. The number of rotatable bonds is 4. The van der Waals surface area contributed by atoms with E-state index in [0.29, 0.717) is 0 Å². The van der Waals surface area contributed by atoms with Crippen LogP contribution in [0.4, 0.5) is 0 Å². The van der Waals surface area contributed by atoms with E-state index in [4.69, 9.17) is 12.2 Å². The summed E-state index contributed by atoms with van der Waals surface area (Å²) in [5, 5.41) is 4.26. The van der Waals surface area contributed by atoms with E-state index in [1.54, 1.807) is 0 Å². The minimum atomic E-state index is 0.792. The van der Waals surface area contributed by atoms with Crippen LogP contribution in [0.5, 0.6) is 0 Å². The molecule has 0 amide bonds. The van der Waals surface area contributed by atoms with E-state index in [1.807, 2.05) is 30.2 Å². The van der Waals surface area contributed by atoms with Crippen LogP contribution in [-0.4, -0.2) is 19.3 Å². The lowest BCUT2D eigenvalue weighted by Gasteiger charge is -2.06. The number of aryl methyl sites for hydroxylation is 3. The summed E-state index contributed by atoms with van der Waals surface area (Å²) in [6, 6.07) is 0. The maximum absolute atomic E-state index is 5.24. The van der Waals surface area contributed by atoms with Gasteiger partial charge in [-0.3, -0.25) is 4.68 Å². The van der Waals surface area contributed by atoms with Crippen molar-refractivity contribution in [3.63, 3.8) is 0 Å². The van der Waals surface area contributed by atoms with Crippen molar-refractivity contribution in [2.75, 3.05) is 0 Å². The topological polar surface area (TPSA) is 38.5 Å². The number of aromatic amines is 1. The van der Waals surface area contributed by atoms with Crippen LogP contribution in [0, 0.1) is 11.7 Å². The van der Waals surface area contributed by atoms with Crippen molar-refractivity contribution in [2.45, 2.75) is 33.4 Å². The second kappa shape index (κ2) is 4.65. The maximum Gasteiger partial charge on any atom is 0.177 e. The molecular weight excluding hydrogens is 220 g/mol. The highest BCUT2D eigenvalue weighted by atomic mass is 32.1. The minimum Gasteiger partial charge on any atom is -0.337 e. The molecule has 0 bridgehead atoms. The Morgan fingerprint density at radius 2 is 2.25 bits per heavy atom. The molecule has 1 N–H and O–H groups in total. The van der Waals surface area contributed by atoms with Crippen molar-refractivity contribution in [1.29, 1.82) is 0 Å². The molecular formula is C11H16N4S. The average molecular weight is 236 g/mol. The van der Waals surface area contributed by atoms with Crippen molar-refractivity contribution in [1.82, 2.24) is 19.3 Å². The fraction of sp³-hybridized carbons (Fsp3) is 0.455. The molecule has 86 valence electrons. The monoisotopic (exact) mass is 236 g/mol. The van der Waals surface area contributed by atoms with Crippen LogP contribution in [0.1, 0.15) is 18.2 Å². The van der Waals surface area contributed by atoms with E-state index in [0.717, 1.165) is 24.3 Å². The van der Waals surface area contributed by atoms with Crippen LogP contribution in [0.25, 0.3) is 0 Å². The molecule has 2 aromatic heterocycles. The Kier molecular flexibility index (Phi) is 3.24. The Balaban J connectivity index is 2.09. The Hall–Kier alpha value is -1.36. The largest absolute Gasteiger partial charge is 0.337 e. The molecule has 4 nitrogen and oxygen atoms in total. The quantitative estimate of drug-likeness (QED) is 0.827. The Bertz CT molecular complexity index is 520. The summed E-state index contributed by atoms with van der Waals surface area (Å²) in [4.78, 5) is 3.08. The third kappa shape index (κ3) is 2.24. The van der Waals surface area contributed by atoms with Gasteiger partial charge in [0.15, 0.2) is 4.77 Å². The SMILES string of the molecule is CCc1c[nH]c(=S)n1CCn1cc(C)cn1. The second-order valence-electron chi connectivity index (χ2n) is 3.87.